The van der Waals surface area contributed by atoms with Crippen LogP contribution in [-0.4, -0.2) is 38.8 Å². The Hall–Kier alpha value is -3.23. The Morgan fingerprint density at radius 2 is 1.65 bits per heavy atom. The summed E-state index contributed by atoms with van der Waals surface area (Å²) in [5, 5.41) is 13.1. The van der Waals surface area contributed by atoms with Crippen molar-refractivity contribution in [1.29, 1.82) is 0 Å². The average Bonchev–Trinajstić information content (AvgIpc) is 3.24. The first-order chi connectivity index (χ1) is 12.5. The summed E-state index contributed by atoms with van der Waals surface area (Å²) in [7, 11) is 0. The number of carbonyl (C=O) groups is 1. The Kier molecular flexibility index (Phi) is 4.97. The molecule has 0 radical (unpaired) electrons. The van der Waals surface area contributed by atoms with Crippen LogP contribution >= 0.6 is 0 Å². The Morgan fingerprint density at radius 1 is 1.08 bits per heavy atom. The largest absolute Gasteiger partial charge is 0.477 e. The minimum Gasteiger partial charge on any atom is -0.477 e. The Balaban J connectivity index is 0.000000206. The summed E-state index contributed by atoms with van der Waals surface area (Å²) in [6, 6.07) is 6.14. The van der Waals surface area contributed by atoms with E-state index in [-0.39, 0.29) is 11.4 Å². The molecule has 1 aliphatic heterocycles. The van der Waals surface area contributed by atoms with Crippen molar-refractivity contribution in [3.05, 3.63) is 53.7 Å². The molecule has 136 valence electrons. The van der Waals surface area contributed by atoms with Crippen LogP contribution in [0.2, 0.25) is 0 Å². The van der Waals surface area contributed by atoms with E-state index in [1.165, 1.54) is 4.52 Å². The number of nitrogens with two attached hydrogens (primary N) is 1. The van der Waals surface area contributed by atoms with Crippen LogP contribution in [0.15, 0.2) is 36.5 Å². The zero-order valence-electron chi connectivity index (χ0n) is 13.8. The first-order valence-corrected chi connectivity index (χ1v) is 8.00. The van der Waals surface area contributed by atoms with Gasteiger partial charge in [-0.3, -0.25) is 0 Å². The first-order valence-electron chi connectivity index (χ1n) is 8.00. The van der Waals surface area contributed by atoms with Crippen molar-refractivity contribution in [3.8, 4) is 0 Å². The molecule has 26 heavy (non-hydrogen) atoms. The molecule has 3 N–H and O–H groups in total. The highest BCUT2D eigenvalue weighted by molar-refractivity contribution is 5.99. The van der Waals surface area contributed by atoms with Gasteiger partial charge in [-0.15, -0.1) is 5.10 Å². The molecule has 0 bridgehead atoms. The summed E-state index contributed by atoms with van der Waals surface area (Å²) in [6.07, 6.45) is 3.97. The third-order valence-corrected chi connectivity index (χ3v) is 3.94. The Bertz CT molecular complexity index is 900. The molecule has 1 aliphatic rings. The number of benzene rings is 1. The molecular weight excluding hydrogens is 344 g/mol. The van der Waals surface area contributed by atoms with Gasteiger partial charge in [0.15, 0.2) is 11.5 Å². The molecule has 0 amide bonds. The van der Waals surface area contributed by atoms with Crippen molar-refractivity contribution in [1.82, 2.24) is 14.6 Å². The SMILES string of the molecule is Fc1ccc(F)cc1.Nc1nn2ccc(N3CCCC3)nc2c1C(=O)O. The van der Waals surface area contributed by atoms with E-state index in [9.17, 15) is 13.6 Å². The summed E-state index contributed by atoms with van der Waals surface area (Å²) in [5.41, 5.74) is 5.86. The molecule has 4 rings (SSSR count). The molecule has 7 nitrogen and oxygen atoms in total. The van der Waals surface area contributed by atoms with E-state index in [4.69, 9.17) is 10.8 Å². The standard InChI is InChI=1S/C11H13N5O2.C6H4F2/c12-9-8(11(17)18)10-13-7(3-6-16(10)14-9)15-4-1-2-5-15;7-5-1-2-6(8)4-3-5/h3,6H,1-2,4-5H2,(H2,12,14)(H,17,18);1-4H. The molecule has 3 aromatic rings. The third kappa shape index (κ3) is 3.71. The summed E-state index contributed by atoms with van der Waals surface area (Å²) in [4.78, 5) is 17.6. The average molecular weight is 361 g/mol. The molecule has 1 saturated heterocycles. The molecule has 1 fully saturated rings. The van der Waals surface area contributed by atoms with Crippen LogP contribution < -0.4 is 10.6 Å². The minimum atomic E-state index is -1.10. The predicted octanol–water partition coefficient (Wildman–Crippen LogP) is 2.57. The smallest absolute Gasteiger partial charge is 0.343 e. The first kappa shape index (κ1) is 17.6. The van der Waals surface area contributed by atoms with Crippen LogP contribution in [0.3, 0.4) is 0 Å². The number of anilines is 2. The van der Waals surface area contributed by atoms with Gasteiger partial charge in [-0.05, 0) is 43.2 Å². The maximum Gasteiger partial charge on any atom is 0.343 e. The normalized spacial score (nSPS) is 13.5. The monoisotopic (exact) mass is 361 g/mol. The zero-order valence-corrected chi connectivity index (χ0v) is 13.8. The van der Waals surface area contributed by atoms with Crippen molar-refractivity contribution in [3.63, 3.8) is 0 Å². The summed E-state index contributed by atoms with van der Waals surface area (Å²) in [5.74, 6) is -1.15. The fraction of sp³-hybridized carbons (Fsp3) is 0.235. The highest BCUT2D eigenvalue weighted by atomic mass is 19.1. The molecule has 0 spiro atoms. The molecule has 0 unspecified atom stereocenters. The van der Waals surface area contributed by atoms with E-state index in [2.05, 4.69) is 15.0 Å². The number of carboxylic acids is 1. The lowest BCUT2D eigenvalue weighted by molar-refractivity contribution is 0.0700. The number of carboxylic acid groups (broad SMARTS) is 1. The number of nitrogens with zero attached hydrogens (tertiary/aromatic N) is 4. The van der Waals surface area contributed by atoms with Crippen molar-refractivity contribution in [2.75, 3.05) is 23.7 Å². The third-order valence-electron chi connectivity index (χ3n) is 3.94. The van der Waals surface area contributed by atoms with E-state index >= 15 is 0 Å². The van der Waals surface area contributed by atoms with Crippen molar-refractivity contribution < 1.29 is 18.7 Å². The fourth-order valence-electron chi connectivity index (χ4n) is 2.69. The van der Waals surface area contributed by atoms with E-state index in [1.54, 1.807) is 6.20 Å². The van der Waals surface area contributed by atoms with Crippen LogP contribution in [0.4, 0.5) is 20.4 Å². The summed E-state index contributed by atoms with van der Waals surface area (Å²) >= 11 is 0. The molecule has 0 saturated carbocycles. The second-order valence-corrected chi connectivity index (χ2v) is 5.75. The molecule has 0 atom stereocenters. The lowest BCUT2D eigenvalue weighted by atomic mass is 10.3. The van der Waals surface area contributed by atoms with E-state index in [0.29, 0.717) is 5.65 Å². The number of hydrogen-bond acceptors (Lipinski definition) is 5. The van der Waals surface area contributed by atoms with Gasteiger partial charge in [0.05, 0.1) is 0 Å². The van der Waals surface area contributed by atoms with Gasteiger partial charge < -0.3 is 15.7 Å². The van der Waals surface area contributed by atoms with Gasteiger partial charge in [0.25, 0.3) is 0 Å². The van der Waals surface area contributed by atoms with E-state index in [0.717, 1.165) is 56.0 Å². The van der Waals surface area contributed by atoms with Crippen LogP contribution in [-0.2, 0) is 0 Å². The number of fused-ring (bicyclic) bond motifs is 1. The fourth-order valence-corrected chi connectivity index (χ4v) is 2.69. The number of aromatic nitrogens is 3. The molecule has 0 aliphatic carbocycles. The van der Waals surface area contributed by atoms with Crippen molar-refractivity contribution in [2.24, 2.45) is 0 Å². The lowest BCUT2D eigenvalue weighted by Crippen LogP contribution is -2.19. The quantitative estimate of drug-likeness (QED) is 0.728. The van der Waals surface area contributed by atoms with E-state index < -0.39 is 17.6 Å². The molecular formula is C17H17F2N5O2. The van der Waals surface area contributed by atoms with Gasteiger partial charge in [-0.1, -0.05) is 0 Å². The number of halogens is 2. The van der Waals surface area contributed by atoms with Crippen LogP contribution in [0.1, 0.15) is 23.2 Å². The Morgan fingerprint density at radius 3 is 2.19 bits per heavy atom. The van der Waals surface area contributed by atoms with Gasteiger partial charge in [0.2, 0.25) is 0 Å². The van der Waals surface area contributed by atoms with Crippen LogP contribution in [0, 0.1) is 11.6 Å². The highest BCUT2D eigenvalue weighted by Gasteiger charge is 2.20. The summed E-state index contributed by atoms with van der Waals surface area (Å²) < 4.78 is 25.2. The topological polar surface area (TPSA) is 96.8 Å². The second-order valence-electron chi connectivity index (χ2n) is 5.75. The second kappa shape index (κ2) is 7.34. The summed E-state index contributed by atoms with van der Waals surface area (Å²) in [6.45, 7) is 1.91. The van der Waals surface area contributed by atoms with Crippen molar-refractivity contribution >= 4 is 23.3 Å². The molecule has 2 aromatic heterocycles. The van der Waals surface area contributed by atoms with Gasteiger partial charge in [-0.25, -0.2) is 23.1 Å². The number of aromatic carboxylic acids is 1. The van der Waals surface area contributed by atoms with Gasteiger partial charge >= 0.3 is 5.97 Å². The maximum atomic E-state index is 11.9. The van der Waals surface area contributed by atoms with Crippen molar-refractivity contribution in [2.45, 2.75) is 12.8 Å². The lowest BCUT2D eigenvalue weighted by Gasteiger charge is -2.15. The molecule has 3 heterocycles. The van der Waals surface area contributed by atoms with Gasteiger partial charge in [-0.2, -0.15) is 0 Å². The van der Waals surface area contributed by atoms with Gasteiger partial charge in [0.1, 0.15) is 23.0 Å². The minimum absolute atomic E-state index is 0.00595. The number of rotatable bonds is 2. The van der Waals surface area contributed by atoms with Gasteiger partial charge in [0, 0.05) is 19.3 Å². The highest BCUT2D eigenvalue weighted by Crippen LogP contribution is 2.22. The Labute approximate surface area is 147 Å². The molecule has 1 aromatic carbocycles. The number of hydrogen-bond donors (Lipinski definition) is 2. The zero-order chi connectivity index (χ0) is 18.7. The molecule has 9 heteroatoms. The number of nitrogen functional groups attached to an aromatic ring is 1. The van der Waals surface area contributed by atoms with Crippen LogP contribution in [0.5, 0.6) is 0 Å². The maximum absolute atomic E-state index is 11.9. The predicted molar refractivity (Wildman–Crippen MR) is 92.2 cm³/mol. The van der Waals surface area contributed by atoms with E-state index in [1.807, 2.05) is 6.07 Å². The van der Waals surface area contributed by atoms with Crippen LogP contribution in [0.25, 0.3) is 5.65 Å².